The van der Waals surface area contributed by atoms with Gasteiger partial charge in [-0.1, -0.05) is 61.5 Å². The molecule has 9 nitrogen and oxygen atoms in total. The van der Waals surface area contributed by atoms with E-state index in [0.717, 1.165) is 37.9 Å². The van der Waals surface area contributed by atoms with Crippen LogP contribution in [0.15, 0.2) is 53.2 Å². The molecule has 39 heavy (non-hydrogen) atoms. The minimum Gasteiger partial charge on any atom is -0.475 e. The second-order valence-corrected chi connectivity index (χ2v) is 12.1. The maximum absolute atomic E-state index is 12.6. The summed E-state index contributed by atoms with van der Waals surface area (Å²) < 4.78 is 13.1. The van der Waals surface area contributed by atoms with Gasteiger partial charge in [0.25, 0.3) is 0 Å². The standard InChI is InChI=1S/C29H33N5O4S/c1-29(2,3)25-14-20(32-38-25)13-21(35)12-18-6-8-19(9-7-18)23-16-34-24-10-11-26(31-27(24)39-28(34)30-23)37-17-22(36)15-33(4)5/h6-11,14,16,22,36H,12-13,15,17H2,1-5H3. The molecule has 0 aliphatic heterocycles. The number of Topliss-reactive ketones (excluding diaryl/α,β-unsaturated/α-hetero) is 1. The van der Waals surface area contributed by atoms with Gasteiger partial charge in [-0.25, -0.2) is 9.97 Å². The number of aliphatic hydroxyl groups excluding tert-OH is 1. The van der Waals surface area contributed by atoms with Crippen molar-refractivity contribution >= 4 is 32.4 Å². The van der Waals surface area contributed by atoms with E-state index in [1.165, 1.54) is 11.3 Å². The molecule has 0 aliphatic rings. The minimum absolute atomic E-state index is 0.0912. The van der Waals surface area contributed by atoms with Gasteiger partial charge in [0.05, 0.1) is 23.3 Å². The van der Waals surface area contributed by atoms with Crippen molar-refractivity contribution in [2.45, 2.75) is 45.1 Å². The molecule has 5 aromatic rings. The van der Waals surface area contributed by atoms with Gasteiger partial charge in [-0.05, 0) is 25.7 Å². The van der Waals surface area contributed by atoms with Crippen molar-refractivity contribution in [1.29, 1.82) is 0 Å². The van der Waals surface area contributed by atoms with Gasteiger partial charge in [0.15, 0.2) is 4.96 Å². The monoisotopic (exact) mass is 547 g/mol. The van der Waals surface area contributed by atoms with E-state index in [0.29, 0.717) is 24.5 Å². The quantitative estimate of drug-likeness (QED) is 0.271. The summed E-state index contributed by atoms with van der Waals surface area (Å²) in [4.78, 5) is 25.6. The lowest BCUT2D eigenvalue weighted by Crippen LogP contribution is -2.30. The van der Waals surface area contributed by atoms with Crippen LogP contribution in [0, 0.1) is 0 Å². The number of imidazole rings is 1. The summed E-state index contributed by atoms with van der Waals surface area (Å²) in [7, 11) is 3.81. The molecule has 1 N–H and O–H groups in total. The molecular weight excluding hydrogens is 514 g/mol. The van der Waals surface area contributed by atoms with Gasteiger partial charge in [0.1, 0.15) is 29.1 Å². The number of hydrogen-bond donors (Lipinski definition) is 1. The molecule has 204 valence electrons. The van der Waals surface area contributed by atoms with Gasteiger partial charge in [-0.15, -0.1) is 0 Å². The van der Waals surface area contributed by atoms with Crippen molar-refractivity contribution in [3.63, 3.8) is 0 Å². The third-order valence-electron chi connectivity index (χ3n) is 6.26. The van der Waals surface area contributed by atoms with Crippen LogP contribution < -0.4 is 4.74 Å². The van der Waals surface area contributed by atoms with E-state index in [9.17, 15) is 9.90 Å². The third kappa shape index (κ3) is 6.35. The molecule has 0 bridgehead atoms. The number of benzene rings is 1. The Hall–Kier alpha value is -3.60. The molecule has 1 unspecified atom stereocenters. The molecule has 5 rings (SSSR count). The van der Waals surface area contributed by atoms with Gasteiger partial charge < -0.3 is 19.3 Å². The molecule has 0 radical (unpaired) electrons. The van der Waals surface area contributed by atoms with Gasteiger partial charge >= 0.3 is 0 Å². The normalized spacial score (nSPS) is 13.0. The van der Waals surface area contributed by atoms with Gasteiger partial charge in [0.2, 0.25) is 5.88 Å². The molecule has 4 heterocycles. The molecule has 0 saturated carbocycles. The number of carbonyl (C=O) groups is 1. The number of aromatic nitrogens is 4. The zero-order valence-electron chi connectivity index (χ0n) is 22.8. The summed E-state index contributed by atoms with van der Waals surface area (Å²) in [5.74, 6) is 1.35. The highest BCUT2D eigenvalue weighted by molar-refractivity contribution is 7.23. The summed E-state index contributed by atoms with van der Waals surface area (Å²) >= 11 is 1.48. The number of fused-ring (bicyclic) bond motifs is 3. The lowest BCUT2D eigenvalue weighted by Gasteiger charge is -2.16. The van der Waals surface area contributed by atoms with Crippen molar-refractivity contribution in [2.75, 3.05) is 27.2 Å². The number of ether oxygens (including phenoxy) is 1. The second kappa shape index (κ2) is 10.9. The highest BCUT2D eigenvalue weighted by atomic mass is 32.1. The first-order valence-electron chi connectivity index (χ1n) is 12.9. The fraction of sp³-hybridized carbons (Fsp3) is 0.379. The van der Waals surface area contributed by atoms with Crippen molar-refractivity contribution in [1.82, 2.24) is 24.4 Å². The molecule has 0 aliphatic carbocycles. The average Bonchev–Trinajstić information content (AvgIpc) is 3.57. The predicted molar refractivity (Wildman–Crippen MR) is 151 cm³/mol. The fourth-order valence-electron chi connectivity index (χ4n) is 4.28. The molecule has 0 fully saturated rings. The summed E-state index contributed by atoms with van der Waals surface area (Å²) in [5.41, 5.74) is 4.25. The van der Waals surface area contributed by atoms with Crippen LogP contribution in [0.25, 0.3) is 26.6 Å². The van der Waals surface area contributed by atoms with E-state index in [1.54, 1.807) is 0 Å². The number of ketones is 1. The molecule has 4 aromatic heterocycles. The van der Waals surface area contributed by atoms with Crippen molar-refractivity contribution in [2.24, 2.45) is 0 Å². The van der Waals surface area contributed by atoms with Crippen LogP contribution in [0.2, 0.25) is 0 Å². The zero-order valence-corrected chi connectivity index (χ0v) is 23.7. The maximum Gasteiger partial charge on any atom is 0.214 e. The maximum atomic E-state index is 12.6. The number of rotatable bonds is 10. The van der Waals surface area contributed by atoms with Crippen LogP contribution in [0.1, 0.15) is 37.8 Å². The molecule has 0 saturated heterocycles. The Morgan fingerprint density at radius 3 is 2.59 bits per heavy atom. The topological polar surface area (TPSA) is 106 Å². The predicted octanol–water partition coefficient (Wildman–Crippen LogP) is 4.55. The Morgan fingerprint density at radius 1 is 1.13 bits per heavy atom. The molecule has 0 spiro atoms. The average molecular weight is 548 g/mol. The van der Waals surface area contributed by atoms with Crippen LogP contribution >= 0.6 is 11.3 Å². The van der Waals surface area contributed by atoms with E-state index in [-0.39, 0.29) is 24.2 Å². The van der Waals surface area contributed by atoms with Gasteiger partial charge in [-0.3, -0.25) is 9.20 Å². The van der Waals surface area contributed by atoms with Crippen molar-refractivity contribution < 1.29 is 19.2 Å². The number of pyridine rings is 1. The van der Waals surface area contributed by atoms with Crippen molar-refractivity contribution in [3.8, 4) is 17.1 Å². The van der Waals surface area contributed by atoms with Crippen molar-refractivity contribution in [3.05, 3.63) is 65.7 Å². The number of thiazole rings is 1. The third-order valence-corrected chi connectivity index (χ3v) is 7.23. The lowest BCUT2D eigenvalue weighted by atomic mass is 9.93. The van der Waals surface area contributed by atoms with Crippen LogP contribution in [-0.4, -0.2) is 68.7 Å². The van der Waals surface area contributed by atoms with Crippen LogP contribution in [-0.2, 0) is 23.1 Å². The SMILES string of the molecule is CN(C)CC(O)COc1ccc2c(n1)sc1nc(-c3ccc(CC(=O)Cc4cc(C(C)(C)C)on4)cc3)cn12. The van der Waals surface area contributed by atoms with Gasteiger partial charge in [-0.2, -0.15) is 0 Å². The number of carbonyl (C=O) groups excluding carboxylic acids is 1. The van der Waals surface area contributed by atoms with Crippen LogP contribution in [0.4, 0.5) is 0 Å². The van der Waals surface area contributed by atoms with E-state index in [1.807, 2.05) is 72.1 Å². The number of aliphatic hydroxyl groups is 1. The Bertz CT molecular complexity index is 1590. The van der Waals surface area contributed by atoms with Crippen LogP contribution in [0.5, 0.6) is 5.88 Å². The summed E-state index contributed by atoms with van der Waals surface area (Å²) in [5, 5.41) is 14.1. The summed E-state index contributed by atoms with van der Waals surface area (Å²) in [6, 6.07) is 13.6. The number of nitrogens with zero attached hydrogens (tertiary/aromatic N) is 5. The largest absolute Gasteiger partial charge is 0.475 e. The van der Waals surface area contributed by atoms with Crippen LogP contribution in [0.3, 0.4) is 0 Å². The summed E-state index contributed by atoms with van der Waals surface area (Å²) in [6.07, 6.45) is 2.00. The van der Waals surface area contributed by atoms with E-state index in [4.69, 9.17) is 14.2 Å². The van der Waals surface area contributed by atoms with E-state index < -0.39 is 6.10 Å². The molecule has 1 aromatic carbocycles. The Balaban J connectivity index is 1.23. The summed E-state index contributed by atoms with van der Waals surface area (Å²) in [6.45, 7) is 6.87. The molecular formula is C29H33N5O4S. The fourth-order valence-corrected chi connectivity index (χ4v) is 5.25. The zero-order chi connectivity index (χ0) is 27.7. The highest BCUT2D eigenvalue weighted by Crippen LogP contribution is 2.30. The Morgan fingerprint density at radius 2 is 1.90 bits per heavy atom. The molecule has 0 amide bonds. The molecule has 1 atom stereocenters. The first-order valence-corrected chi connectivity index (χ1v) is 13.7. The van der Waals surface area contributed by atoms with E-state index in [2.05, 4.69) is 30.9 Å². The smallest absolute Gasteiger partial charge is 0.214 e. The molecule has 10 heteroatoms. The highest BCUT2D eigenvalue weighted by Gasteiger charge is 2.20. The number of likely N-dealkylation sites (N-methyl/N-ethyl adjacent to an activating group) is 1. The minimum atomic E-state index is -0.583. The second-order valence-electron chi connectivity index (χ2n) is 11.1. The van der Waals surface area contributed by atoms with E-state index >= 15 is 0 Å². The number of hydrogen-bond acceptors (Lipinski definition) is 9. The Labute approximate surface area is 231 Å². The Kier molecular flexibility index (Phi) is 7.53. The first-order chi connectivity index (χ1) is 18.5. The lowest BCUT2D eigenvalue weighted by molar-refractivity contribution is -0.117. The van der Waals surface area contributed by atoms with Gasteiger partial charge in [0, 0.05) is 42.3 Å². The first kappa shape index (κ1) is 27.0.